The Kier molecular flexibility index (Phi) is 9.27. The maximum absolute atomic E-state index is 11.8. The number of nitrogens with zero attached hydrogens (tertiary/aromatic N) is 5. The summed E-state index contributed by atoms with van der Waals surface area (Å²) in [6.45, 7) is 7.14. The number of rotatable bonds is 6. The second-order valence-electron chi connectivity index (χ2n) is 12.6. The molecule has 3 aromatic heterocycles. The number of fused-ring (bicyclic) bond motifs is 2. The van der Waals surface area contributed by atoms with Crippen molar-refractivity contribution in [1.29, 1.82) is 0 Å². The summed E-state index contributed by atoms with van der Waals surface area (Å²) in [5.74, 6) is 1.84. The van der Waals surface area contributed by atoms with Crippen molar-refractivity contribution in [3.63, 3.8) is 0 Å². The number of pyridine rings is 1. The van der Waals surface area contributed by atoms with E-state index in [-0.39, 0.29) is 38.6 Å². The van der Waals surface area contributed by atoms with Crippen LogP contribution in [-0.4, -0.2) is 49.8 Å². The third kappa shape index (κ3) is 5.99. The quantitative estimate of drug-likeness (QED) is 0.197. The third-order valence-electron chi connectivity index (χ3n) is 9.91. The van der Waals surface area contributed by atoms with Gasteiger partial charge in [0.15, 0.2) is 0 Å². The summed E-state index contributed by atoms with van der Waals surface area (Å²) in [4.78, 5) is 28.6. The van der Waals surface area contributed by atoms with Gasteiger partial charge in [-0.15, -0.1) is 23.6 Å². The molecule has 1 aliphatic heterocycles. The molecule has 0 bridgehead atoms. The summed E-state index contributed by atoms with van der Waals surface area (Å²) in [5, 5.41) is 1.92. The molecule has 1 saturated heterocycles. The van der Waals surface area contributed by atoms with Gasteiger partial charge in [0, 0.05) is 63.0 Å². The minimum absolute atomic E-state index is 0. The summed E-state index contributed by atoms with van der Waals surface area (Å²) >= 11 is 0. The van der Waals surface area contributed by atoms with Gasteiger partial charge in [-0.2, -0.15) is 0 Å². The first-order valence-electron chi connectivity index (χ1n) is 15.7. The molecule has 7 rings (SSSR count). The van der Waals surface area contributed by atoms with Crippen LogP contribution < -0.4 is 5.73 Å². The standard InChI is InChI=1S/C36H39N6O.Y/c1-23-30(14-10-28-11-15-32(40-34(23)28)27-6-4-3-5-7-27)31-21-42(36-33(31)35(37)38-22-39-36)29-12-8-25(9-13-29)20-41-18-16-26(17-19-41)24(2)43;/h3-7,10,14-15,21-22,25-26,29H,8-9,12-13,16-20H2,1-2H3,(H2,37,38,39);/q-1;. The van der Waals surface area contributed by atoms with Gasteiger partial charge in [0.1, 0.15) is 23.6 Å². The van der Waals surface area contributed by atoms with Crippen molar-refractivity contribution in [2.75, 3.05) is 25.4 Å². The molecule has 4 heterocycles. The van der Waals surface area contributed by atoms with Crippen LogP contribution in [0.2, 0.25) is 0 Å². The molecule has 2 aliphatic rings. The van der Waals surface area contributed by atoms with Gasteiger partial charge in [-0.1, -0.05) is 42.0 Å². The van der Waals surface area contributed by atoms with E-state index < -0.39 is 0 Å². The predicted octanol–water partition coefficient (Wildman–Crippen LogP) is 7.03. The number of nitrogen functional groups attached to an aromatic ring is 1. The molecule has 1 radical (unpaired) electrons. The van der Waals surface area contributed by atoms with Crippen LogP contribution in [-0.2, 0) is 37.5 Å². The van der Waals surface area contributed by atoms with E-state index >= 15 is 0 Å². The van der Waals surface area contributed by atoms with E-state index in [9.17, 15) is 4.79 Å². The van der Waals surface area contributed by atoms with Crippen LogP contribution in [0.15, 0.2) is 61.1 Å². The Morgan fingerprint density at radius 3 is 2.45 bits per heavy atom. The molecule has 0 unspecified atom stereocenters. The maximum Gasteiger partial charge on any atom is 0.146 e. The van der Waals surface area contributed by atoms with Crippen molar-refractivity contribution < 1.29 is 37.5 Å². The van der Waals surface area contributed by atoms with Crippen LogP contribution >= 0.6 is 0 Å². The van der Waals surface area contributed by atoms with E-state index in [2.05, 4.69) is 57.9 Å². The van der Waals surface area contributed by atoms with E-state index in [0.717, 1.165) is 95.2 Å². The fourth-order valence-electron chi connectivity index (χ4n) is 7.39. The SMILES string of the molecule is CC(=O)C1CCN(CC2CCC(n3cc(-c4ccc5[c-]cc(-c6ccccc6)nc5c4C)c4c(N)ncnc43)CC2)CC1.[Y]. The Labute approximate surface area is 284 Å². The van der Waals surface area contributed by atoms with Gasteiger partial charge in [-0.3, -0.25) is 4.79 Å². The number of ketones is 1. The van der Waals surface area contributed by atoms with Gasteiger partial charge in [0.2, 0.25) is 0 Å². The summed E-state index contributed by atoms with van der Waals surface area (Å²) < 4.78 is 2.36. The molecule has 0 spiro atoms. The molecule has 5 aromatic rings. The van der Waals surface area contributed by atoms with E-state index in [4.69, 9.17) is 15.7 Å². The molecule has 2 fully saturated rings. The number of anilines is 1. The monoisotopic (exact) mass is 660 g/mol. The van der Waals surface area contributed by atoms with Crippen LogP contribution in [0.4, 0.5) is 5.82 Å². The van der Waals surface area contributed by atoms with Crippen LogP contribution in [0.25, 0.3) is 44.3 Å². The zero-order chi connectivity index (χ0) is 29.5. The predicted molar refractivity (Wildman–Crippen MR) is 173 cm³/mol. The molecule has 44 heavy (non-hydrogen) atoms. The molecule has 0 amide bonds. The van der Waals surface area contributed by atoms with Crippen LogP contribution in [0.3, 0.4) is 0 Å². The van der Waals surface area contributed by atoms with Crippen LogP contribution in [0, 0.1) is 24.8 Å². The fourth-order valence-corrected chi connectivity index (χ4v) is 7.39. The van der Waals surface area contributed by atoms with E-state index in [0.29, 0.717) is 23.6 Å². The molecule has 223 valence electrons. The first-order chi connectivity index (χ1) is 21.0. The average molecular weight is 661 g/mol. The minimum Gasteiger partial charge on any atom is -0.383 e. The van der Waals surface area contributed by atoms with Gasteiger partial charge in [-0.25, -0.2) is 9.97 Å². The van der Waals surface area contributed by atoms with Gasteiger partial charge < -0.3 is 20.2 Å². The van der Waals surface area contributed by atoms with Gasteiger partial charge in [-0.05, 0) is 93.7 Å². The summed E-state index contributed by atoms with van der Waals surface area (Å²) in [5.41, 5.74) is 13.7. The van der Waals surface area contributed by atoms with E-state index in [1.54, 1.807) is 13.3 Å². The Balaban J connectivity index is 0.00000343. The van der Waals surface area contributed by atoms with Crippen molar-refractivity contribution in [2.45, 2.75) is 58.4 Å². The number of nitrogens with two attached hydrogens (primary N) is 1. The zero-order valence-electron chi connectivity index (χ0n) is 25.7. The summed E-state index contributed by atoms with van der Waals surface area (Å²) in [6, 6.07) is 20.3. The van der Waals surface area contributed by atoms with Crippen molar-refractivity contribution in [3.8, 4) is 22.4 Å². The minimum atomic E-state index is 0. The molecule has 8 heteroatoms. The van der Waals surface area contributed by atoms with Crippen LogP contribution in [0.1, 0.15) is 57.1 Å². The van der Waals surface area contributed by atoms with Crippen molar-refractivity contribution in [3.05, 3.63) is 72.7 Å². The molecule has 0 atom stereocenters. The number of hydrogen-bond donors (Lipinski definition) is 1. The topological polar surface area (TPSA) is 89.9 Å². The Morgan fingerprint density at radius 2 is 1.73 bits per heavy atom. The number of benzene rings is 2. The molecular weight excluding hydrogens is 621 g/mol. The molecule has 7 nitrogen and oxygen atoms in total. The fraction of sp³-hybridized carbons (Fsp3) is 0.389. The van der Waals surface area contributed by atoms with Gasteiger partial charge >= 0.3 is 0 Å². The molecular formula is C36H39N6OY-. The van der Waals surface area contributed by atoms with Gasteiger partial charge in [0.05, 0.1) is 5.39 Å². The number of carbonyl (C=O) groups is 1. The smallest absolute Gasteiger partial charge is 0.146 e. The van der Waals surface area contributed by atoms with Crippen molar-refractivity contribution in [2.24, 2.45) is 11.8 Å². The van der Waals surface area contributed by atoms with Crippen LogP contribution in [0.5, 0.6) is 0 Å². The summed E-state index contributed by atoms with van der Waals surface area (Å²) in [6.07, 6.45) is 10.5. The van der Waals surface area contributed by atoms with E-state index in [1.165, 1.54) is 12.8 Å². The van der Waals surface area contributed by atoms with Crippen molar-refractivity contribution >= 4 is 33.5 Å². The molecule has 2 aromatic carbocycles. The second kappa shape index (κ2) is 13.2. The number of aryl methyl sites for hydroxylation is 1. The second-order valence-corrected chi connectivity index (χ2v) is 12.6. The average Bonchev–Trinajstić information content (AvgIpc) is 3.43. The summed E-state index contributed by atoms with van der Waals surface area (Å²) in [7, 11) is 0. The largest absolute Gasteiger partial charge is 0.383 e. The Hall–Kier alpha value is -3.00. The zero-order valence-corrected chi connectivity index (χ0v) is 28.5. The van der Waals surface area contributed by atoms with Crippen molar-refractivity contribution in [1.82, 2.24) is 24.4 Å². The van der Waals surface area contributed by atoms with E-state index in [1.807, 2.05) is 24.3 Å². The number of aromatic nitrogens is 4. The first kappa shape index (κ1) is 31.0. The normalized spacial score (nSPS) is 19.7. The first-order valence-corrected chi connectivity index (χ1v) is 15.7. The maximum atomic E-state index is 11.8. The number of likely N-dealkylation sites (tertiary alicyclic amines) is 1. The van der Waals surface area contributed by atoms with Gasteiger partial charge in [0.25, 0.3) is 0 Å². The Morgan fingerprint density at radius 1 is 0.977 bits per heavy atom. The molecule has 2 N–H and O–H groups in total. The number of carbonyl (C=O) groups excluding carboxylic acids is 1. The number of Topliss-reactive ketones (excluding diaryl/α,β-unsaturated/α-hetero) is 1. The third-order valence-corrected chi connectivity index (χ3v) is 9.91. The molecule has 1 aliphatic carbocycles. The Bertz CT molecular complexity index is 1790. The molecule has 1 saturated carbocycles. The number of hydrogen-bond acceptors (Lipinski definition) is 6. The number of piperidine rings is 1.